The van der Waals surface area contributed by atoms with Crippen molar-refractivity contribution in [3.05, 3.63) is 71.6 Å². The van der Waals surface area contributed by atoms with Crippen LogP contribution in [0.15, 0.2) is 71.6 Å². The van der Waals surface area contributed by atoms with Crippen LogP contribution >= 0.6 is 11.3 Å². The number of ether oxygens (including phenoxy) is 1. The molecule has 156 valence electrons. The van der Waals surface area contributed by atoms with E-state index < -0.39 is 15.8 Å². The van der Waals surface area contributed by atoms with E-state index in [1.54, 1.807) is 24.3 Å². The van der Waals surface area contributed by atoms with Gasteiger partial charge in [0.25, 0.3) is 0 Å². The number of esters is 1. The van der Waals surface area contributed by atoms with Gasteiger partial charge >= 0.3 is 5.97 Å². The summed E-state index contributed by atoms with van der Waals surface area (Å²) >= 11 is 1.23. The number of anilines is 1. The minimum absolute atomic E-state index is 0.0171. The summed E-state index contributed by atoms with van der Waals surface area (Å²) in [5.74, 6) is -1.03. The van der Waals surface area contributed by atoms with Crippen LogP contribution in [-0.4, -0.2) is 33.2 Å². The molecule has 0 aliphatic carbocycles. The molecule has 1 heterocycles. The zero-order valence-corrected chi connectivity index (χ0v) is 18.0. The Bertz CT molecular complexity index is 1120. The summed E-state index contributed by atoms with van der Waals surface area (Å²) < 4.78 is 29.5. The summed E-state index contributed by atoms with van der Waals surface area (Å²) in [6.07, 6.45) is 0.190. The van der Waals surface area contributed by atoms with Gasteiger partial charge in [-0.15, -0.1) is 11.3 Å². The van der Waals surface area contributed by atoms with Crippen molar-refractivity contribution in [3.8, 4) is 10.4 Å². The first-order valence-electron chi connectivity index (χ1n) is 9.26. The number of benzene rings is 2. The van der Waals surface area contributed by atoms with Gasteiger partial charge in [0.15, 0.2) is 9.84 Å². The van der Waals surface area contributed by atoms with Gasteiger partial charge in [-0.3, -0.25) is 4.79 Å². The highest BCUT2D eigenvalue weighted by molar-refractivity contribution is 7.91. The average molecular weight is 444 g/mol. The number of hydrogen-bond acceptors (Lipinski definition) is 6. The number of carbonyl (C=O) groups excluding carboxylic acids is 2. The summed E-state index contributed by atoms with van der Waals surface area (Å²) in [4.78, 5) is 25.9. The molecule has 0 saturated heterocycles. The Morgan fingerprint density at radius 3 is 2.27 bits per heavy atom. The van der Waals surface area contributed by atoms with Gasteiger partial charge in [0.2, 0.25) is 5.91 Å². The average Bonchev–Trinajstić information content (AvgIpc) is 3.18. The minimum atomic E-state index is -3.44. The maximum atomic E-state index is 12.4. The van der Waals surface area contributed by atoms with Gasteiger partial charge in [0, 0.05) is 11.3 Å². The van der Waals surface area contributed by atoms with Gasteiger partial charge in [0.1, 0.15) is 4.88 Å². The molecule has 0 fully saturated rings. The van der Waals surface area contributed by atoms with Crippen LogP contribution in [0.4, 0.5) is 5.69 Å². The minimum Gasteiger partial charge on any atom is -0.465 e. The molecular weight excluding hydrogens is 422 g/mol. The summed E-state index contributed by atoms with van der Waals surface area (Å²) in [6, 6.07) is 19.4. The van der Waals surface area contributed by atoms with Crippen molar-refractivity contribution in [3.63, 3.8) is 0 Å². The van der Waals surface area contributed by atoms with Gasteiger partial charge in [-0.1, -0.05) is 48.5 Å². The standard InChI is InChI=1S/C22H21NO5S2/c1-28-22(25)21-18(15-19(29-21)16-9-4-2-5-10-16)23-20(24)13-8-14-30(26,27)17-11-6-3-7-12-17/h2-7,9-12,15H,8,13-14H2,1H3,(H,23,24). The predicted molar refractivity (Wildman–Crippen MR) is 117 cm³/mol. The highest BCUT2D eigenvalue weighted by Crippen LogP contribution is 2.35. The van der Waals surface area contributed by atoms with Crippen molar-refractivity contribution in [2.45, 2.75) is 17.7 Å². The number of methoxy groups -OCH3 is 1. The number of carbonyl (C=O) groups is 2. The van der Waals surface area contributed by atoms with Crippen LogP contribution < -0.4 is 5.32 Å². The number of sulfone groups is 1. The summed E-state index contributed by atoms with van der Waals surface area (Å²) in [5.41, 5.74) is 1.28. The third kappa shape index (κ3) is 5.34. The van der Waals surface area contributed by atoms with Crippen molar-refractivity contribution in [1.29, 1.82) is 0 Å². The topological polar surface area (TPSA) is 89.5 Å². The second kappa shape index (κ2) is 9.69. The van der Waals surface area contributed by atoms with E-state index in [-0.39, 0.29) is 29.4 Å². The van der Waals surface area contributed by atoms with Crippen molar-refractivity contribution in [1.82, 2.24) is 0 Å². The largest absolute Gasteiger partial charge is 0.465 e. The zero-order chi connectivity index (χ0) is 21.6. The van der Waals surface area contributed by atoms with Crippen LogP contribution in [0.3, 0.4) is 0 Å². The first-order chi connectivity index (χ1) is 14.4. The lowest BCUT2D eigenvalue weighted by molar-refractivity contribution is -0.116. The third-order valence-electron chi connectivity index (χ3n) is 4.35. The Balaban J connectivity index is 1.67. The maximum Gasteiger partial charge on any atom is 0.350 e. The number of amides is 1. The molecule has 0 bridgehead atoms. The monoisotopic (exact) mass is 443 g/mol. The lowest BCUT2D eigenvalue weighted by Gasteiger charge is -2.06. The molecule has 8 heteroatoms. The van der Waals surface area contributed by atoms with E-state index in [4.69, 9.17) is 4.74 Å². The van der Waals surface area contributed by atoms with Gasteiger partial charge in [-0.2, -0.15) is 0 Å². The van der Waals surface area contributed by atoms with Crippen molar-refractivity contribution in [2.24, 2.45) is 0 Å². The normalized spacial score (nSPS) is 11.1. The Labute approximate surface area is 179 Å². The fourth-order valence-corrected chi connectivity index (χ4v) is 5.22. The molecule has 1 amide bonds. The van der Waals surface area contributed by atoms with Gasteiger partial charge in [-0.05, 0) is 30.2 Å². The first-order valence-corrected chi connectivity index (χ1v) is 11.7. The summed E-state index contributed by atoms with van der Waals surface area (Å²) in [6.45, 7) is 0. The van der Waals surface area contributed by atoms with Gasteiger partial charge in [-0.25, -0.2) is 13.2 Å². The van der Waals surface area contributed by atoms with E-state index in [0.29, 0.717) is 10.6 Å². The second-order valence-electron chi connectivity index (χ2n) is 6.49. The van der Waals surface area contributed by atoms with Crippen LogP contribution in [-0.2, 0) is 19.4 Å². The van der Waals surface area contributed by atoms with E-state index in [1.165, 1.54) is 30.6 Å². The maximum absolute atomic E-state index is 12.4. The molecule has 2 aromatic carbocycles. The van der Waals surface area contributed by atoms with Crippen molar-refractivity contribution < 1.29 is 22.7 Å². The van der Waals surface area contributed by atoms with Gasteiger partial charge < -0.3 is 10.1 Å². The quantitative estimate of drug-likeness (QED) is 0.522. The molecule has 0 radical (unpaired) electrons. The molecule has 0 saturated carbocycles. The number of rotatable bonds is 8. The fraction of sp³-hybridized carbons (Fsp3) is 0.182. The van der Waals surface area contributed by atoms with E-state index in [1.807, 2.05) is 30.3 Å². The second-order valence-corrected chi connectivity index (χ2v) is 9.66. The number of hydrogen-bond donors (Lipinski definition) is 1. The molecule has 0 aliphatic heterocycles. The lowest BCUT2D eigenvalue weighted by atomic mass is 10.2. The zero-order valence-electron chi connectivity index (χ0n) is 16.3. The van der Waals surface area contributed by atoms with Crippen molar-refractivity contribution in [2.75, 3.05) is 18.2 Å². The highest BCUT2D eigenvalue weighted by Gasteiger charge is 2.20. The van der Waals surface area contributed by atoms with Crippen LogP contribution in [0.2, 0.25) is 0 Å². The molecular formula is C22H21NO5S2. The molecule has 3 rings (SSSR count). The number of thiophene rings is 1. The molecule has 6 nitrogen and oxygen atoms in total. The Kier molecular flexibility index (Phi) is 7.02. The fourth-order valence-electron chi connectivity index (χ4n) is 2.85. The number of nitrogens with one attached hydrogen (secondary N) is 1. The smallest absolute Gasteiger partial charge is 0.350 e. The van der Waals surface area contributed by atoms with Gasteiger partial charge in [0.05, 0.1) is 23.4 Å². The van der Waals surface area contributed by atoms with Crippen LogP contribution in [0, 0.1) is 0 Å². The summed E-state index contributed by atoms with van der Waals surface area (Å²) in [5, 5.41) is 2.72. The molecule has 0 aliphatic rings. The molecule has 3 aromatic rings. The Morgan fingerprint density at radius 2 is 1.63 bits per heavy atom. The van der Waals surface area contributed by atoms with Crippen LogP contribution in [0.1, 0.15) is 22.5 Å². The molecule has 30 heavy (non-hydrogen) atoms. The Hall–Kier alpha value is -2.97. The van der Waals surface area contributed by atoms with Crippen LogP contribution in [0.5, 0.6) is 0 Å². The highest BCUT2D eigenvalue weighted by atomic mass is 32.2. The molecule has 1 aromatic heterocycles. The predicted octanol–water partition coefficient (Wildman–Crippen LogP) is 4.39. The SMILES string of the molecule is COC(=O)c1sc(-c2ccccc2)cc1NC(=O)CCCS(=O)(=O)c1ccccc1. The molecule has 0 spiro atoms. The molecule has 0 atom stereocenters. The molecule has 0 unspecified atom stereocenters. The van der Waals surface area contributed by atoms with E-state index >= 15 is 0 Å². The summed E-state index contributed by atoms with van der Waals surface area (Å²) in [7, 11) is -2.16. The van der Waals surface area contributed by atoms with E-state index in [0.717, 1.165) is 10.4 Å². The third-order valence-corrected chi connectivity index (χ3v) is 7.34. The van der Waals surface area contributed by atoms with Crippen molar-refractivity contribution >= 4 is 38.7 Å². The van der Waals surface area contributed by atoms with Crippen LogP contribution in [0.25, 0.3) is 10.4 Å². The molecule has 1 N–H and O–H groups in total. The lowest BCUT2D eigenvalue weighted by Crippen LogP contribution is -2.15. The first kappa shape index (κ1) is 21.7. The Morgan fingerprint density at radius 1 is 1.00 bits per heavy atom. The van der Waals surface area contributed by atoms with E-state index in [9.17, 15) is 18.0 Å². The van der Waals surface area contributed by atoms with E-state index in [2.05, 4.69) is 5.32 Å².